The zero-order valence-corrected chi connectivity index (χ0v) is 17.0. The van der Waals surface area contributed by atoms with Crippen LogP contribution < -0.4 is 15.1 Å². The molecule has 0 spiro atoms. The predicted octanol–water partition coefficient (Wildman–Crippen LogP) is 1.63. The summed E-state index contributed by atoms with van der Waals surface area (Å²) in [5.74, 6) is -2.38. The monoisotopic (exact) mass is 421 g/mol. The number of aromatic carboxylic acids is 1. The van der Waals surface area contributed by atoms with Crippen LogP contribution in [0, 0.1) is 5.82 Å². The van der Waals surface area contributed by atoms with E-state index >= 15 is 0 Å². The summed E-state index contributed by atoms with van der Waals surface area (Å²) in [6, 6.07) is 0.994. The Hall–Kier alpha value is -3.14. The van der Waals surface area contributed by atoms with Crippen molar-refractivity contribution < 1.29 is 28.9 Å². The Balaban J connectivity index is 0.000000589. The second kappa shape index (κ2) is 8.31. The Kier molecular flexibility index (Phi) is 5.97. The molecule has 2 aliphatic rings. The second-order valence-electron chi connectivity index (χ2n) is 7.49. The van der Waals surface area contributed by atoms with Gasteiger partial charge in [-0.25, -0.2) is 9.18 Å². The number of carboxylic acid groups (broad SMARTS) is 2. The first-order chi connectivity index (χ1) is 14.1. The molecule has 0 unspecified atom stereocenters. The average molecular weight is 421 g/mol. The van der Waals surface area contributed by atoms with Gasteiger partial charge in [0.1, 0.15) is 17.9 Å². The quantitative estimate of drug-likeness (QED) is 0.753. The van der Waals surface area contributed by atoms with Gasteiger partial charge in [-0.1, -0.05) is 0 Å². The standard InChI is InChI=1S/C18H20FN3O4.C2H4O2/c1-10-9-26-17-14-11(16(23)12(18(24)25)8-22(10)14)7-13(19)15(17)21-5-3-20(2)4-6-21;1-2(3)4/h7-8,10H,3-6,9H2,1-2H3,(H,24,25);1H3,(H,3,4)/t10-;/m0./s1. The number of hydrogen-bond acceptors (Lipinski definition) is 6. The molecule has 10 heteroatoms. The normalized spacial score (nSPS) is 18.4. The van der Waals surface area contributed by atoms with Gasteiger partial charge in [0.15, 0.2) is 11.6 Å². The van der Waals surface area contributed by atoms with Gasteiger partial charge in [-0.15, -0.1) is 0 Å². The molecule has 1 aromatic heterocycles. The van der Waals surface area contributed by atoms with Crippen LogP contribution in [0.15, 0.2) is 17.1 Å². The minimum absolute atomic E-state index is 0.0434. The molecule has 2 aromatic rings. The van der Waals surface area contributed by atoms with Crippen LogP contribution in [-0.4, -0.2) is 71.5 Å². The molecule has 4 rings (SSSR count). The Morgan fingerprint density at radius 1 is 1.20 bits per heavy atom. The van der Waals surface area contributed by atoms with Crippen molar-refractivity contribution in [3.63, 3.8) is 0 Å². The van der Waals surface area contributed by atoms with Crippen molar-refractivity contribution in [3.05, 3.63) is 33.9 Å². The molecule has 1 fully saturated rings. The topological polar surface area (TPSA) is 112 Å². The summed E-state index contributed by atoms with van der Waals surface area (Å²) in [6.45, 7) is 6.16. The number of halogens is 1. The maximum absolute atomic E-state index is 15.0. The maximum atomic E-state index is 15.0. The highest BCUT2D eigenvalue weighted by Gasteiger charge is 2.30. The lowest BCUT2D eigenvalue weighted by molar-refractivity contribution is -0.134. The average Bonchev–Trinajstić information content (AvgIpc) is 2.66. The Morgan fingerprint density at radius 2 is 1.80 bits per heavy atom. The zero-order chi connectivity index (χ0) is 22.2. The Labute approximate surface area is 171 Å². The number of carboxylic acids is 2. The minimum atomic E-state index is -1.32. The molecule has 1 aromatic carbocycles. The molecule has 30 heavy (non-hydrogen) atoms. The van der Waals surface area contributed by atoms with Gasteiger partial charge in [-0.2, -0.15) is 0 Å². The van der Waals surface area contributed by atoms with E-state index in [0.717, 1.165) is 26.1 Å². The van der Waals surface area contributed by atoms with Crippen LogP contribution in [0.2, 0.25) is 0 Å². The smallest absolute Gasteiger partial charge is 0.341 e. The van der Waals surface area contributed by atoms with Crippen LogP contribution in [0.4, 0.5) is 10.1 Å². The molecular weight excluding hydrogens is 397 g/mol. The van der Waals surface area contributed by atoms with Crippen molar-refractivity contribution in [3.8, 4) is 5.75 Å². The fourth-order valence-corrected chi connectivity index (χ4v) is 3.69. The van der Waals surface area contributed by atoms with Crippen LogP contribution >= 0.6 is 0 Å². The SMILES string of the molecule is CC(=O)O.C[C@H]1COc2c(N3CCN(C)CC3)c(F)cc3c(=O)c(C(=O)O)cn1c23. The first-order valence-corrected chi connectivity index (χ1v) is 9.52. The van der Waals surface area contributed by atoms with E-state index in [9.17, 15) is 19.1 Å². The van der Waals surface area contributed by atoms with Crippen molar-refractivity contribution >= 4 is 28.5 Å². The van der Waals surface area contributed by atoms with Crippen LogP contribution in [0.1, 0.15) is 30.2 Å². The summed E-state index contributed by atoms with van der Waals surface area (Å²) in [6.07, 6.45) is 1.34. The largest absolute Gasteiger partial charge is 0.487 e. The summed E-state index contributed by atoms with van der Waals surface area (Å²) in [5.41, 5.74) is -0.224. The van der Waals surface area contributed by atoms with Gasteiger partial charge in [-0.3, -0.25) is 9.59 Å². The van der Waals surface area contributed by atoms with Crippen molar-refractivity contribution in [2.75, 3.05) is 44.7 Å². The molecule has 0 saturated carbocycles. The lowest BCUT2D eigenvalue weighted by Crippen LogP contribution is -2.45. The van der Waals surface area contributed by atoms with Crippen LogP contribution in [0.25, 0.3) is 10.9 Å². The number of piperazine rings is 1. The van der Waals surface area contributed by atoms with Crippen molar-refractivity contribution in [2.45, 2.75) is 19.9 Å². The molecule has 0 aliphatic carbocycles. The molecule has 2 aliphatic heterocycles. The fourth-order valence-electron chi connectivity index (χ4n) is 3.69. The van der Waals surface area contributed by atoms with E-state index in [1.54, 1.807) is 4.57 Å². The number of carbonyl (C=O) groups is 2. The van der Waals surface area contributed by atoms with E-state index in [-0.39, 0.29) is 23.6 Å². The third-order valence-electron chi connectivity index (χ3n) is 5.19. The first-order valence-electron chi connectivity index (χ1n) is 9.52. The maximum Gasteiger partial charge on any atom is 0.341 e. The number of rotatable bonds is 2. The molecule has 0 bridgehead atoms. The number of nitrogens with zero attached hydrogens (tertiary/aromatic N) is 3. The number of aromatic nitrogens is 1. The van der Waals surface area contributed by atoms with E-state index in [4.69, 9.17) is 14.6 Å². The molecule has 1 atom stereocenters. The molecule has 2 N–H and O–H groups in total. The Morgan fingerprint density at radius 3 is 2.37 bits per heavy atom. The third-order valence-corrected chi connectivity index (χ3v) is 5.19. The van der Waals surface area contributed by atoms with E-state index < -0.39 is 23.2 Å². The molecule has 3 heterocycles. The number of aliphatic carboxylic acids is 1. The van der Waals surface area contributed by atoms with Gasteiger partial charge in [0.25, 0.3) is 5.97 Å². The van der Waals surface area contributed by atoms with Gasteiger partial charge < -0.3 is 29.3 Å². The van der Waals surface area contributed by atoms with E-state index in [2.05, 4.69) is 4.90 Å². The summed E-state index contributed by atoms with van der Waals surface area (Å²) < 4.78 is 22.6. The lowest BCUT2D eigenvalue weighted by atomic mass is 10.1. The summed E-state index contributed by atoms with van der Waals surface area (Å²) >= 11 is 0. The number of ether oxygens (including phenoxy) is 1. The van der Waals surface area contributed by atoms with Gasteiger partial charge >= 0.3 is 5.97 Å². The summed E-state index contributed by atoms with van der Waals surface area (Å²) in [4.78, 5) is 37.1. The molecule has 162 valence electrons. The zero-order valence-electron chi connectivity index (χ0n) is 17.0. The number of anilines is 1. The van der Waals surface area contributed by atoms with Crippen molar-refractivity contribution in [1.29, 1.82) is 0 Å². The second-order valence-corrected chi connectivity index (χ2v) is 7.49. The van der Waals surface area contributed by atoms with E-state index in [0.29, 0.717) is 30.0 Å². The van der Waals surface area contributed by atoms with Crippen molar-refractivity contribution in [2.24, 2.45) is 0 Å². The van der Waals surface area contributed by atoms with Crippen LogP contribution in [-0.2, 0) is 4.79 Å². The molecular formula is C20H24FN3O6. The lowest BCUT2D eigenvalue weighted by Gasteiger charge is -2.37. The van der Waals surface area contributed by atoms with E-state index in [1.807, 2.05) is 18.9 Å². The minimum Gasteiger partial charge on any atom is -0.487 e. The van der Waals surface area contributed by atoms with Gasteiger partial charge in [-0.05, 0) is 20.0 Å². The summed E-state index contributed by atoms with van der Waals surface area (Å²) in [5, 5.41) is 16.8. The number of pyridine rings is 1. The van der Waals surface area contributed by atoms with Crippen molar-refractivity contribution in [1.82, 2.24) is 9.47 Å². The molecule has 0 radical (unpaired) electrons. The number of benzene rings is 1. The molecule has 0 amide bonds. The number of likely N-dealkylation sites (N-methyl/N-ethyl adjacent to an activating group) is 1. The summed E-state index contributed by atoms with van der Waals surface area (Å²) in [7, 11) is 2.02. The van der Waals surface area contributed by atoms with Crippen LogP contribution in [0.5, 0.6) is 5.75 Å². The van der Waals surface area contributed by atoms with Crippen LogP contribution in [0.3, 0.4) is 0 Å². The fraction of sp³-hybridized carbons (Fsp3) is 0.450. The van der Waals surface area contributed by atoms with Gasteiger partial charge in [0.2, 0.25) is 5.43 Å². The first kappa shape index (κ1) is 21.6. The number of hydrogen-bond donors (Lipinski definition) is 2. The molecule has 1 saturated heterocycles. The molecule has 9 nitrogen and oxygen atoms in total. The highest BCUT2D eigenvalue weighted by atomic mass is 19.1. The predicted molar refractivity (Wildman–Crippen MR) is 108 cm³/mol. The van der Waals surface area contributed by atoms with Gasteiger partial charge in [0, 0.05) is 39.3 Å². The highest BCUT2D eigenvalue weighted by Crippen LogP contribution is 2.42. The van der Waals surface area contributed by atoms with Gasteiger partial charge in [0.05, 0.1) is 16.9 Å². The third kappa shape index (κ3) is 3.95. The Bertz CT molecular complexity index is 1050. The highest BCUT2D eigenvalue weighted by molar-refractivity contribution is 5.97. The van der Waals surface area contributed by atoms with E-state index in [1.165, 1.54) is 6.20 Å².